The van der Waals surface area contributed by atoms with Crippen molar-refractivity contribution in [2.75, 3.05) is 6.61 Å². The van der Waals surface area contributed by atoms with Crippen molar-refractivity contribution >= 4 is 14.3 Å². The van der Waals surface area contributed by atoms with Crippen molar-refractivity contribution in [3.63, 3.8) is 0 Å². The molecule has 1 atom stereocenters. The Morgan fingerprint density at radius 1 is 1.29 bits per heavy atom. The second-order valence-corrected chi connectivity index (χ2v) is 10.6. The van der Waals surface area contributed by atoms with Gasteiger partial charge in [0.2, 0.25) is 0 Å². The average molecular weight is 309 g/mol. The number of carbonyl (C=O) groups is 1. The van der Waals surface area contributed by atoms with Crippen molar-refractivity contribution < 1.29 is 14.0 Å². The lowest BCUT2D eigenvalue weighted by Crippen LogP contribution is -2.56. The SMILES string of the molecule is C=CCC(CC=C)(C(=O)OCC)C(C)(C#N)O[Si](C)(C)C. The largest absolute Gasteiger partial charge is 0.465 e. The second-order valence-electron chi connectivity index (χ2n) is 6.15. The fourth-order valence-corrected chi connectivity index (χ4v) is 3.90. The Bertz CT molecular complexity index is 424. The first-order valence-electron chi connectivity index (χ1n) is 7.13. The highest BCUT2D eigenvalue weighted by Crippen LogP contribution is 2.44. The maximum atomic E-state index is 12.6. The molecule has 0 aromatic carbocycles. The van der Waals surface area contributed by atoms with E-state index in [1.165, 1.54) is 0 Å². The van der Waals surface area contributed by atoms with Crippen molar-refractivity contribution in [2.45, 2.75) is 51.9 Å². The van der Waals surface area contributed by atoms with Gasteiger partial charge in [-0.2, -0.15) is 5.26 Å². The zero-order valence-corrected chi connectivity index (χ0v) is 14.9. The predicted octanol–water partition coefficient (Wildman–Crippen LogP) is 3.82. The van der Waals surface area contributed by atoms with E-state index in [1.807, 2.05) is 19.6 Å². The number of hydrogen-bond donors (Lipinski definition) is 0. The predicted molar refractivity (Wildman–Crippen MR) is 87.1 cm³/mol. The Morgan fingerprint density at radius 2 is 1.76 bits per heavy atom. The van der Waals surface area contributed by atoms with Gasteiger partial charge >= 0.3 is 5.97 Å². The molecule has 0 aliphatic carbocycles. The van der Waals surface area contributed by atoms with E-state index in [4.69, 9.17) is 9.16 Å². The third kappa shape index (κ3) is 4.55. The summed E-state index contributed by atoms with van der Waals surface area (Å²) in [6.07, 6.45) is 3.85. The van der Waals surface area contributed by atoms with Gasteiger partial charge < -0.3 is 9.16 Å². The van der Waals surface area contributed by atoms with E-state index in [1.54, 1.807) is 26.0 Å². The number of nitriles is 1. The van der Waals surface area contributed by atoms with E-state index in [2.05, 4.69) is 19.2 Å². The number of nitrogens with zero attached hydrogens (tertiary/aromatic N) is 1. The monoisotopic (exact) mass is 309 g/mol. The average Bonchev–Trinajstić information content (AvgIpc) is 2.36. The number of carbonyl (C=O) groups excluding carboxylic acids is 1. The molecular formula is C16H27NO3Si. The van der Waals surface area contributed by atoms with Gasteiger partial charge in [0.05, 0.1) is 12.7 Å². The maximum absolute atomic E-state index is 12.6. The quantitative estimate of drug-likeness (QED) is 0.369. The van der Waals surface area contributed by atoms with Crippen molar-refractivity contribution in [2.24, 2.45) is 5.41 Å². The smallest absolute Gasteiger partial charge is 0.316 e. The van der Waals surface area contributed by atoms with E-state index in [9.17, 15) is 10.1 Å². The Balaban J connectivity index is 6.03. The summed E-state index contributed by atoms with van der Waals surface area (Å²) in [5.41, 5.74) is -2.41. The maximum Gasteiger partial charge on any atom is 0.316 e. The van der Waals surface area contributed by atoms with Crippen LogP contribution in [-0.2, 0) is 14.0 Å². The molecule has 0 N–H and O–H groups in total. The standard InChI is InChI=1S/C16H27NO3Si/c1-8-11-16(12-9-2,14(18)19-10-3)15(4,13-17)20-21(5,6)7/h8-9H,1-2,10-12H2,3-7H3. The highest BCUT2D eigenvalue weighted by Gasteiger charge is 2.56. The molecule has 0 saturated carbocycles. The molecule has 0 saturated heterocycles. The summed E-state index contributed by atoms with van der Waals surface area (Å²) in [6, 6.07) is 2.20. The van der Waals surface area contributed by atoms with Crippen LogP contribution >= 0.6 is 0 Å². The minimum atomic E-state index is -2.05. The highest BCUT2D eigenvalue weighted by molar-refractivity contribution is 6.69. The lowest BCUT2D eigenvalue weighted by molar-refractivity contribution is -0.165. The van der Waals surface area contributed by atoms with Crippen LogP contribution < -0.4 is 0 Å². The van der Waals surface area contributed by atoms with Crippen LogP contribution in [-0.4, -0.2) is 26.5 Å². The summed E-state index contributed by atoms with van der Waals surface area (Å²) in [5.74, 6) is -0.438. The summed E-state index contributed by atoms with van der Waals surface area (Å²) in [4.78, 5) is 12.6. The highest BCUT2D eigenvalue weighted by atomic mass is 28.4. The van der Waals surface area contributed by atoms with Crippen molar-refractivity contribution in [1.29, 1.82) is 5.26 Å². The van der Waals surface area contributed by atoms with Gasteiger partial charge in [0.25, 0.3) is 0 Å². The van der Waals surface area contributed by atoms with Gasteiger partial charge in [0, 0.05) is 0 Å². The summed E-state index contributed by atoms with van der Waals surface area (Å²) in [6.45, 7) is 17.1. The van der Waals surface area contributed by atoms with Crippen molar-refractivity contribution in [3.8, 4) is 6.07 Å². The van der Waals surface area contributed by atoms with Crippen LogP contribution in [0.2, 0.25) is 19.6 Å². The van der Waals surface area contributed by atoms with Gasteiger partial charge in [-0.3, -0.25) is 4.79 Å². The fraction of sp³-hybridized carbons (Fsp3) is 0.625. The Kier molecular flexibility index (Phi) is 7.08. The molecule has 0 fully saturated rings. The van der Waals surface area contributed by atoms with Gasteiger partial charge in [-0.05, 0) is 46.3 Å². The third-order valence-corrected chi connectivity index (χ3v) is 4.31. The minimum absolute atomic E-state index is 0.253. The molecule has 5 heteroatoms. The Hall–Kier alpha value is -1.38. The molecule has 1 unspecified atom stereocenters. The molecule has 0 bridgehead atoms. The molecule has 0 aliphatic heterocycles. The number of hydrogen-bond acceptors (Lipinski definition) is 4. The lowest BCUT2D eigenvalue weighted by atomic mass is 9.68. The first-order chi connectivity index (χ1) is 9.62. The van der Waals surface area contributed by atoms with E-state index in [0.717, 1.165) is 0 Å². The topological polar surface area (TPSA) is 59.3 Å². The molecule has 21 heavy (non-hydrogen) atoms. The number of esters is 1. The fourth-order valence-electron chi connectivity index (χ4n) is 2.44. The molecule has 0 amide bonds. The Morgan fingerprint density at radius 3 is 2.05 bits per heavy atom. The van der Waals surface area contributed by atoms with Crippen molar-refractivity contribution in [1.82, 2.24) is 0 Å². The van der Waals surface area contributed by atoms with Gasteiger partial charge in [-0.25, -0.2) is 0 Å². The van der Waals surface area contributed by atoms with Gasteiger partial charge in [0.1, 0.15) is 5.41 Å². The van der Waals surface area contributed by atoms with Crippen LogP contribution in [0.25, 0.3) is 0 Å². The summed E-state index contributed by atoms with van der Waals surface area (Å²) >= 11 is 0. The van der Waals surface area contributed by atoms with Crippen LogP contribution in [0.5, 0.6) is 0 Å². The number of allylic oxidation sites excluding steroid dienone is 2. The normalized spacial score (nSPS) is 14.7. The van der Waals surface area contributed by atoms with Crippen LogP contribution in [0.3, 0.4) is 0 Å². The molecule has 118 valence electrons. The van der Waals surface area contributed by atoms with Crippen LogP contribution in [0, 0.1) is 16.7 Å². The summed E-state index contributed by atoms with van der Waals surface area (Å²) in [7, 11) is -2.05. The third-order valence-electron chi connectivity index (χ3n) is 3.29. The van der Waals surface area contributed by atoms with Crippen LogP contribution in [0.15, 0.2) is 25.3 Å². The molecule has 4 nitrogen and oxygen atoms in total. The first kappa shape index (κ1) is 19.6. The van der Waals surface area contributed by atoms with Crippen molar-refractivity contribution in [3.05, 3.63) is 25.3 Å². The molecule has 0 heterocycles. The zero-order valence-electron chi connectivity index (χ0n) is 13.9. The molecule has 0 aromatic heterocycles. The molecular weight excluding hydrogens is 282 g/mol. The van der Waals surface area contributed by atoms with Crippen LogP contribution in [0.4, 0.5) is 0 Å². The Labute approximate surface area is 129 Å². The summed E-state index contributed by atoms with van der Waals surface area (Å²) < 4.78 is 11.3. The second kappa shape index (κ2) is 7.58. The molecule has 0 rings (SSSR count). The molecule has 0 spiro atoms. The summed E-state index contributed by atoms with van der Waals surface area (Å²) in [5, 5.41) is 9.73. The number of rotatable bonds is 9. The molecule has 0 aliphatic rings. The van der Waals surface area contributed by atoms with E-state index < -0.39 is 25.3 Å². The van der Waals surface area contributed by atoms with Gasteiger partial charge in [0.15, 0.2) is 13.9 Å². The lowest BCUT2D eigenvalue weighted by Gasteiger charge is -2.44. The van der Waals surface area contributed by atoms with Crippen LogP contribution in [0.1, 0.15) is 26.7 Å². The molecule has 0 aromatic rings. The van der Waals surface area contributed by atoms with E-state index in [-0.39, 0.29) is 6.61 Å². The van der Waals surface area contributed by atoms with E-state index in [0.29, 0.717) is 12.8 Å². The first-order valence-corrected chi connectivity index (χ1v) is 10.5. The van der Waals surface area contributed by atoms with Gasteiger partial charge in [-0.1, -0.05) is 12.2 Å². The molecule has 0 radical (unpaired) electrons. The zero-order chi connectivity index (χ0) is 16.7. The van der Waals surface area contributed by atoms with Gasteiger partial charge in [-0.15, -0.1) is 13.2 Å². The minimum Gasteiger partial charge on any atom is -0.465 e. The number of ether oxygens (including phenoxy) is 1. The van der Waals surface area contributed by atoms with E-state index >= 15 is 0 Å².